The average Bonchev–Trinajstić information content (AvgIpc) is 2.67. The number of unbranched alkanes of at least 4 members (excludes halogenated alkanes) is 14. The van der Waals surface area contributed by atoms with Crippen LogP contribution >= 0.6 is 0 Å². The molecule has 2 atom stereocenters. The summed E-state index contributed by atoms with van der Waals surface area (Å²) >= 11 is 0. The first kappa shape index (κ1) is 28.9. The minimum absolute atomic E-state index is 0.0817. The van der Waals surface area contributed by atoms with Gasteiger partial charge in [0, 0.05) is 0 Å². The molecule has 2 unspecified atom stereocenters. The summed E-state index contributed by atoms with van der Waals surface area (Å²) in [6, 6.07) is 0. The molecule has 0 radical (unpaired) electrons. The maximum Gasteiger partial charge on any atom is 0.267 e. The summed E-state index contributed by atoms with van der Waals surface area (Å²) in [6.07, 6.45) is 22.6. The SMILES string of the molecule is CCCCCCCC(O)CCCCCCCCCCCCCC(CC)S(=O)(=O)O. The van der Waals surface area contributed by atoms with Crippen molar-refractivity contribution in [2.24, 2.45) is 0 Å². The Morgan fingerprint density at radius 1 is 0.586 bits per heavy atom. The molecule has 0 rings (SSSR count). The Morgan fingerprint density at radius 2 is 0.931 bits per heavy atom. The van der Waals surface area contributed by atoms with Crippen molar-refractivity contribution in [1.29, 1.82) is 0 Å². The highest BCUT2D eigenvalue weighted by Crippen LogP contribution is 2.17. The molecule has 176 valence electrons. The monoisotopic (exact) mass is 434 g/mol. The lowest BCUT2D eigenvalue weighted by molar-refractivity contribution is 0.147. The molecule has 5 heteroatoms. The molecule has 0 aliphatic heterocycles. The second-order valence-corrected chi connectivity index (χ2v) is 10.6. The minimum Gasteiger partial charge on any atom is -0.393 e. The molecule has 0 aliphatic rings. The highest BCUT2D eigenvalue weighted by molar-refractivity contribution is 7.86. The number of rotatable bonds is 22. The summed E-state index contributed by atoms with van der Waals surface area (Å²) in [7, 11) is -3.86. The summed E-state index contributed by atoms with van der Waals surface area (Å²) in [5.41, 5.74) is 0. The molecule has 0 aromatic rings. The molecular formula is C24H50O4S. The highest BCUT2D eigenvalue weighted by Gasteiger charge is 2.19. The number of hydrogen-bond donors (Lipinski definition) is 2. The fraction of sp³-hybridized carbons (Fsp3) is 1.00. The van der Waals surface area contributed by atoms with E-state index < -0.39 is 15.4 Å². The van der Waals surface area contributed by atoms with Gasteiger partial charge in [-0.05, 0) is 25.7 Å². The molecule has 29 heavy (non-hydrogen) atoms. The van der Waals surface area contributed by atoms with E-state index in [1.165, 1.54) is 83.5 Å². The molecule has 0 aromatic heterocycles. The van der Waals surface area contributed by atoms with Crippen LogP contribution in [-0.2, 0) is 10.1 Å². The normalized spacial score (nSPS) is 14.2. The predicted octanol–water partition coefficient (Wildman–Crippen LogP) is 7.45. The zero-order valence-corrected chi connectivity index (χ0v) is 20.2. The van der Waals surface area contributed by atoms with Crippen molar-refractivity contribution in [2.75, 3.05) is 0 Å². The summed E-state index contributed by atoms with van der Waals surface area (Å²) in [5, 5.41) is 9.43. The van der Waals surface area contributed by atoms with Gasteiger partial charge in [-0.15, -0.1) is 0 Å². The van der Waals surface area contributed by atoms with Gasteiger partial charge >= 0.3 is 0 Å². The molecule has 0 saturated heterocycles. The van der Waals surface area contributed by atoms with Crippen LogP contribution in [-0.4, -0.2) is 29.4 Å². The van der Waals surface area contributed by atoms with Crippen LogP contribution in [0.1, 0.15) is 142 Å². The highest BCUT2D eigenvalue weighted by atomic mass is 32.2. The van der Waals surface area contributed by atoms with E-state index in [4.69, 9.17) is 4.55 Å². The molecule has 0 spiro atoms. The Bertz CT molecular complexity index is 436. The van der Waals surface area contributed by atoms with Gasteiger partial charge < -0.3 is 5.11 Å². The second kappa shape index (κ2) is 19.8. The van der Waals surface area contributed by atoms with Gasteiger partial charge in [-0.3, -0.25) is 4.55 Å². The Kier molecular flexibility index (Phi) is 19.7. The Morgan fingerprint density at radius 3 is 1.28 bits per heavy atom. The average molecular weight is 435 g/mol. The maximum atomic E-state index is 11.1. The van der Waals surface area contributed by atoms with Crippen molar-refractivity contribution < 1.29 is 18.1 Å². The van der Waals surface area contributed by atoms with Gasteiger partial charge in [-0.2, -0.15) is 8.42 Å². The van der Waals surface area contributed by atoms with Crippen LogP contribution in [0.15, 0.2) is 0 Å². The molecule has 0 amide bonds. The summed E-state index contributed by atoms with van der Waals surface area (Å²) in [4.78, 5) is 0. The lowest BCUT2D eigenvalue weighted by Gasteiger charge is -2.11. The van der Waals surface area contributed by atoms with E-state index in [9.17, 15) is 13.5 Å². The van der Waals surface area contributed by atoms with Crippen molar-refractivity contribution in [2.45, 2.75) is 154 Å². The summed E-state index contributed by atoms with van der Waals surface area (Å²) in [6.45, 7) is 4.05. The molecule has 0 aromatic carbocycles. The molecule has 0 heterocycles. The first-order valence-electron chi connectivity index (χ1n) is 12.6. The fourth-order valence-electron chi connectivity index (χ4n) is 4.03. The molecule has 0 bridgehead atoms. The van der Waals surface area contributed by atoms with Crippen molar-refractivity contribution in [3.8, 4) is 0 Å². The third kappa shape index (κ3) is 19.6. The number of aliphatic hydroxyl groups is 1. The van der Waals surface area contributed by atoms with Crippen LogP contribution < -0.4 is 0 Å². The van der Waals surface area contributed by atoms with E-state index in [1.54, 1.807) is 0 Å². The third-order valence-corrected chi connectivity index (χ3v) is 7.49. The zero-order chi connectivity index (χ0) is 21.8. The van der Waals surface area contributed by atoms with E-state index in [0.717, 1.165) is 32.1 Å². The van der Waals surface area contributed by atoms with E-state index >= 15 is 0 Å². The van der Waals surface area contributed by atoms with E-state index in [-0.39, 0.29) is 6.10 Å². The molecule has 0 fully saturated rings. The summed E-state index contributed by atoms with van der Waals surface area (Å²) in [5.74, 6) is 0. The fourth-order valence-corrected chi connectivity index (χ4v) is 4.92. The largest absolute Gasteiger partial charge is 0.393 e. The molecule has 2 N–H and O–H groups in total. The first-order valence-corrected chi connectivity index (χ1v) is 14.1. The Hall–Kier alpha value is -0.130. The lowest BCUT2D eigenvalue weighted by Crippen LogP contribution is -2.19. The van der Waals surface area contributed by atoms with Gasteiger partial charge in [-0.1, -0.05) is 117 Å². The van der Waals surface area contributed by atoms with Crippen LogP contribution in [0.2, 0.25) is 0 Å². The van der Waals surface area contributed by atoms with Crippen LogP contribution in [0.4, 0.5) is 0 Å². The topological polar surface area (TPSA) is 74.6 Å². The van der Waals surface area contributed by atoms with Crippen molar-refractivity contribution in [1.82, 2.24) is 0 Å². The van der Waals surface area contributed by atoms with Crippen molar-refractivity contribution in [3.63, 3.8) is 0 Å². The van der Waals surface area contributed by atoms with E-state index in [1.807, 2.05) is 6.92 Å². The molecule has 4 nitrogen and oxygen atoms in total. The van der Waals surface area contributed by atoms with Crippen LogP contribution in [0.25, 0.3) is 0 Å². The molecule has 0 saturated carbocycles. The van der Waals surface area contributed by atoms with Crippen LogP contribution in [0.5, 0.6) is 0 Å². The van der Waals surface area contributed by atoms with Crippen LogP contribution in [0, 0.1) is 0 Å². The summed E-state index contributed by atoms with van der Waals surface area (Å²) < 4.78 is 31.4. The van der Waals surface area contributed by atoms with E-state index in [2.05, 4.69) is 6.92 Å². The van der Waals surface area contributed by atoms with Gasteiger partial charge in [0.1, 0.15) is 0 Å². The van der Waals surface area contributed by atoms with Gasteiger partial charge in [0.25, 0.3) is 10.1 Å². The lowest BCUT2D eigenvalue weighted by atomic mass is 10.0. The third-order valence-electron chi connectivity index (χ3n) is 6.08. The Labute approximate surface area is 182 Å². The smallest absolute Gasteiger partial charge is 0.267 e. The molecule has 0 aliphatic carbocycles. The van der Waals surface area contributed by atoms with Crippen LogP contribution in [0.3, 0.4) is 0 Å². The Balaban J connectivity index is 3.29. The maximum absolute atomic E-state index is 11.1. The number of hydrogen-bond acceptors (Lipinski definition) is 3. The predicted molar refractivity (Wildman–Crippen MR) is 125 cm³/mol. The quantitative estimate of drug-likeness (QED) is 0.137. The van der Waals surface area contributed by atoms with Gasteiger partial charge in [0.05, 0.1) is 11.4 Å². The van der Waals surface area contributed by atoms with Gasteiger partial charge in [-0.25, -0.2) is 0 Å². The minimum atomic E-state index is -3.86. The van der Waals surface area contributed by atoms with Crippen molar-refractivity contribution in [3.05, 3.63) is 0 Å². The first-order chi connectivity index (χ1) is 13.9. The number of aliphatic hydroxyl groups excluding tert-OH is 1. The molecular weight excluding hydrogens is 384 g/mol. The van der Waals surface area contributed by atoms with E-state index in [0.29, 0.717) is 12.8 Å². The second-order valence-electron chi connectivity index (χ2n) is 8.87. The van der Waals surface area contributed by atoms with Gasteiger partial charge in [0.15, 0.2) is 0 Å². The van der Waals surface area contributed by atoms with Crippen molar-refractivity contribution >= 4 is 10.1 Å². The zero-order valence-electron chi connectivity index (χ0n) is 19.4. The standard InChI is InChI=1S/C24H50O4S/c1-3-5-6-14-17-20-23(25)21-18-15-12-10-8-7-9-11-13-16-19-22-24(4-2)29(26,27)28/h23-25H,3-22H2,1-2H3,(H,26,27,28). The van der Waals surface area contributed by atoms with Gasteiger partial charge in [0.2, 0.25) is 0 Å².